The molecule has 0 aliphatic carbocycles. The Hall–Kier alpha value is -1.55. The maximum Gasteiger partial charge on any atom is 0.234 e. The molecule has 0 aliphatic rings. The number of likely N-dealkylation sites (N-methyl/N-ethyl adjacent to an activating group) is 1. The first-order chi connectivity index (χ1) is 8.69. The molecule has 0 fully saturated rings. The molecule has 1 atom stereocenters. The van der Waals surface area contributed by atoms with E-state index < -0.39 is 0 Å². The number of para-hydroxylation sites is 1. The first-order valence-electron chi connectivity index (χ1n) is 6.51. The van der Waals surface area contributed by atoms with E-state index in [1.165, 1.54) is 5.69 Å². The van der Waals surface area contributed by atoms with E-state index in [0.29, 0.717) is 0 Å². The molecule has 100 valence electrons. The summed E-state index contributed by atoms with van der Waals surface area (Å²) in [4.78, 5) is 13.5. The number of nitrogens with two attached hydrogens (primary N) is 1. The van der Waals surface area contributed by atoms with Crippen LogP contribution in [0, 0.1) is 0 Å². The van der Waals surface area contributed by atoms with E-state index in [1.807, 2.05) is 25.1 Å². The minimum Gasteiger partial charge on any atom is -0.372 e. The number of carbonyl (C=O) groups excluding carboxylic acids is 1. The zero-order valence-electron chi connectivity index (χ0n) is 11.2. The van der Waals surface area contributed by atoms with Crippen LogP contribution in [-0.2, 0) is 4.79 Å². The van der Waals surface area contributed by atoms with Crippen LogP contribution in [0.25, 0.3) is 0 Å². The van der Waals surface area contributed by atoms with Crippen molar-refractivity contribution in [2.24, 2.45) is 5.73 Å². The third-order valence-corrected chi connectivity index (χ3v) is 2.98. The Bertz CT molecular complexity index is 353. The Morgan fingerprint density at radius 2 is 2.00 bits per heavy atom. The van der Waals surface area contributed by atoms with Gasteiger partial charge in [-0.25, -0.2) is 0 Å². The van der Waals surface area contributed by atoms with Gasteiger partial charge < -0.3 is 16.0 Å². The monoisotopic (exact) mass is 249 g/mol. The maximum absolute atomic E-state index is 11.3. The van der Waals surface area contributed by atoms with Gasteiger partial charge in [-0.1, -0.05) is 25.1 Å². The molecule has 4 nitrogen and oxygen atoms in total. The predicted octanol–water partition coefficient (Wildman–Crippen LogP) is 1.37. The van der Waals surface area contributed by atoms with Gasteiger partial charge in [0, 0.05) is 18.8 Å². The van der Waals surface area contributed by atoms with Gasteiger partial charge in [-0.2, -0.15) is 0 Å². The van der Waals surface area contributed by atoms with Crippen molar-refractivity contribution in [3.8, 4) is 0 Å². The molecule has 0 radical (unpaired) electrons. The van der Waals surface area contributed by atoms with Crippen LogP contribution in [0.15, 0.2) is 30.3 Å². The summed E-state index contributed by atoms with van der Waals surface area (Å²) in [5, 5.41) is 3.11. The number of benzene rings is 1. The molecule has 0 saturated heterocycles. The largest absolute Gasteiger partial charge is 0.372 e. The Kier molecular flexibility index (Phi) is 6.22. The van der Waals surface area contributed by atoms with Gasteiger partial charge in [-0.05, 0) is 32.0 Å². The molecule has 0 saturated carbocycles. The topological polar surface area (TPSA) is 58.4 Å². The standard InChI is InChI=1S/C14H23N3O/c1-3-16-13(14(15)18)10-11-17(4-2)12-8-6-5-7-9-12/h5-9,13,16H,3-4,10-11H2,1-2H3,(H2,15,18). The molecule has 1 aromatic carbocycles. The number of rotatable bonds is 8. The van der Waals surface area contributed by atoms with Crippen molar-refractivity contribution in [1.82, 2.24) is 5.32 Å². The van der Waals surface area contributed by atoms with Crippen LogP contribution in [0.5, 0.6) is 0 Å². The third kappa shape index (κ3) is 4.37. The highest BCUT2D eigenvalue weighted by Crippen LogP contribution is 2.13. The smallest absolute Gasteiger partial charge is 0.234 e. The van der Waals surface area contributed by atoms with Gasteiger partial charge in [0.15, 0.2) is 0 Å². The highest BCUT2D eigenvalue weighted by molar-refractivity contribution is 5.79. The molecule has 3 N–H and O–H groups in total. The first-order valence-corrected chi connectivity index (χ1v) is 6.51. The fourth-order valence-corrected chi connectivity index (χ4v) is 1.98. The first kappa shape index (κ1) is 14.5. The zero-order chi connectivity index (χ0) is 13.4. The predicted molar refractivity (Wildman–Crippen MR) is 75.6 cm³/mol. The van der Waals surface area contributed by atoms with Gasteiger partial charge in [-0.3, -0.25) is 4.79 Å². The van der Waals surface area contributed by atoms with Crippen LogP contribution in [0.1, 0.15) is 20.3 Å². The molecule has 1 rings (SSSR count). The molecule has 1 aromatic rings. The average molecular weight is 249 g/mol. The molecule has 0 heterocycles. The third-order valence-electron chi connectivity index (χ3n) is 2.98. The van der Waals surface area contributed by atoms with E-state index in [-0.39, 0.29) is 11.9 Å². The highest BCUT2D eigenvalue weighted by Gasteiger charge is 2.15. The second-order valence-electron chi connectivity index (χ2n) is 4.22. The van der Waals surface area contributed by atoms with Crippen LogP contribution in [0.2, 0.25) is 0 Å². The molecule has 0 bridgehead atoms. The second-order valence-corrected chi connectivity index (χ2v) is 4.22. The summed E-state index contributed by atoms with van der Waals surface area (Å²) < 4.78 is 0. The Morgan fingerprint density at radius 3 is 2.50 bits per heavy atom. The number of nitrogens with one attached hydrogen (secondary N) is 1. The lowest BCUT2D eigenvalue weighted by Gasteiger charge is -2.25. The van der Waals surface area contributed by atoms with Crippen molar-refractivity contribution >= 4 is 11.6 Å². The van der Waals surface area contributed by atoms with Crippen LogP contribution >= 0.6 is 0 Å². The summed E-state index contributed by atoms with van der Waals surface area (Å²) in [6, 6.07) is 9.96. The van der Waals surface area contributed by atoms with E-state index in [9.17, 15) is 4.79 Å². The van der Waals surface area contributed by atoms with E-state index in [2.05, 4.69) is 29.3 Å². The lowest BCUT2D eigenvalue weighted by molar-refractivity contribution is -0.120. The van der Waals surface area contributed by atoms with Gasteiger partial charge in [0.25, 0.3) is 0 Å². The van der Waals surface area contributed by atoms with E-state index in [1.54, 1.807) is 0 Å². The molecular weight excluding hydrogens is 226 g/mol. The summed E-state index contributed by atoms with van der Waals surface area (Å²) in [5.41, 5.74) is 6.55. The molecule has 1 amide bonds. The molecule has 0 aromatic heterocycles. The molecular formula is C14H23N3O. The summed E-state index contributed by atoms with van der Waals surface area (Å²) in [6.07, 6.45) is 0.728. The number of hydrogen-bond acceptors (Lipinski definition) is 3. The van der Waals surface area contributed by atoms with Crippen LogP contribution in [0.3, 0.4) is 0 Å². The lowest BCUT2D eigenvalue weighted by atomic mass is 10.1. The number of anilines is 1. The van der Waals surface area contributed by atoms with Crippen molar-refractivity contribution in [2.45, 2.75) is 26.3 Å². The van der Waals surface area contributed by atoms with Crippen molar-refractivity contribution in [3.05, 3.63) is 30.3 Å². The molecule has 4 heteroatoms. The molecule has 0 spiro atoms. The van der Waals surface area contributed by atoms with Crippen molar-refractivity contribution in [2.75, 3.05) is 24.5 Å². The Balaban J connectivity index is 2.56. The van der Waals surface area contributed by atoms with Crippen LogP contribution in [0.4, 0.5) is 5.69 Å². The molecule has 1 unspecified atom stereocenters. The summed E-state index contributed by atoms with van der Waals surface area (Å²) in [5.74, 6) is -0.277. The van der Waals surface area contributed by atoms with E-state index in [0.717, 1.165) is 26.1 Å². The van der Waals surface area contributed by atoms with Gasteiger partial charge in [0.05, 0.1) is 6.04 Å². The number of amides is 1. The number of carbonyl (C=O) groups is 1. The van der Waals surface area contributed by atoms with Gasteiger partial charge in [0.1, 0.15) is 0 Å². The lowest BCUT2D eigenvalue weighted by Crippen LogP contribution is -2.43. The summed E-state index contributed by atoms with van der Waals surface area (Å²) >= 11 is 0. The quantitative estimate of drug-likeness (QED) is 0.731. The van der Waals surface area contributed by atoms with Crippen molar-refractivity contribution in [1.29, 1.82) is 0 Å². The van der Waals surface area contributed by atoms with Crippen molar-refractivity contribution in [3.63, 3.8) is 0 Å². The number of hydrogen-bond donors (Lipinski definition) is 2. The van der Waals surface area contributed by atoms with Gasteiger partial charge in [0.2, 0.25) is 5.91 Å². The fourth-order valence-electron chi connectivity index (χ4n) is 1.98. The molecule has 0 aliphatic heterocycles. The summed E-state index contributed by atoms with van der Waals surface area (Å²) in [7, 11) is 0. The average Bonchev–Trinajstić information content (AvgIpc) is 2.39. The number of primary amides is 1. The van der Waals surface area contributed by atoms with Crippen LogP contribution in [-0.4, -0.2) is 31.6 Å². The Labute approximate surface area is 109 Å². The van der Waals surface area contributed by atoms with E-state index >= 15 is 0 Å². The Morgan fingerprint density at radius 1 is 1.33 bits per heavy atom. The SMILES string of the molecule is CCNC(CCN(CC)c1ccccc1)C(N)=O. The normalized spacial score (nSPS) is 12.1. The van der Waals surface area contributed by atoms with Crippen LogP contribution < -0.4 is 16.0 Å². The second kappa shape index (κ2) is 7.71. The van der Waals surface area contributed by atoms with E-state index in [4.69, 9.17) is 5.73 Å². The fraction of sp³-hybridized carbons (Fsp3) is 0.500. The minimum atomic E-state index is -0.277. The highest BCUT2D eigenvalue weighted by atomic mass is 16.1. The van der Waals surface area contributed by atoms with Crippen molar-refractivity contribution < 1.29 is 4.79 Å². The van der Waals surface area contributed by atoms with Gasteiger partial charge >= 0.3 is 0 Å². The molecule has 18 heavy (non-hydrogen) atoms. The number of nitrogens with zero attached hydrogens (tertiary/aromatic N) is 1. The maximum atomic E-state index is 11.3. The van der Waals surface area contributed by atoms with Gasteiger partial charge in [-0.15, -0.1) is 0 Å². The zero-order valence-corrected chi connectivity index (χ0v) is 11.2. The summed E-state index contributed by atoms with van der Waals surface area (Å²) in [6.45, 7) is 6.58. The minimum absolute atomic E-state index is 0.243.